The number of halogens is 4. The molecule has 2 rings (SSSR count). The molecule has 0 aliphatic carbocycles. The van der Waals surface area contributed by atoms with E-state index in [1.54, 1.807) is 12.1 Å². The monoisotopic (exact) mass is 313 g/mol. The van der Waals surface area contributed by atoms with Gasteiger partial charge in [0, 0.05) is 10.1 Å². The molecule has 0 radical (unpaired) electrons. The largest absolute Gasteiger partial charge is 0.407 e. The molecule has 0 fully saturated rings. The van der Waals surface area contributed by atoms with Crippen molar-refractivity contribution in [2.75, 3.05) is 0 Å². The van der Waals surface area contributed by atoms with Gasteiger partial charge in [-0.25, -0.2) is 0 Å². The molecule has 1 aromatic rings. The fourth-order valence-corrected chi connectivity index (χ4v) is 2.12. The first-order valence-electron chi connectivity index (χ1n) is 4.07. The number of hydrogen-bond donors (Lipinski definition) is 1. The SMILES string of the molecule is FC(F)(F)C1NCc2ccc(I)cc21. The summed E-state index contributed by atoms with van der Waals surface area (Å²) in [6, 6.07) is 3.66. The zero-order chi connectivity index (χ0) is 10.3. The van der Waals surface area contributed by atoms with Gasteiger partial charge in [-0.3, -0.25) is 5.32 Å². The van der Waals surface area contributed by atoms with E-state index in [-0.39, 0.29) is 0 Å². The average Bonchev–Trinajstić information content (AvgIpc) is 2.45. The number of rotatable bonds is 0. The summed E-state index contributed by atoms with van der Waals surface area (Å²) in [4.78, 5) is 0. The molecule has 1 unspecified atom stereocenters. The van der Waals surface area contributed by atoms with Gasteiger partial charge in [0.05, 0.1) is 0 Å². The highest BCUT2D eigenvalue weighted by atomic mass is 127. The molecule has 76 valence electrons. The summed E-state index contributed by atoms with van der Waals surface area (Å²) < 4.78 is 38.4. The zero-order valence-electron chi connectivity index (χ0n) is 7.03. The highest BCUT2D eigenvalue weighted by molar-refractivity contribution is 14.1. The molecule has 0 saturated carbocycles. The van der Waals surface area contributed by atoms with Gasteiger partial charge in [-0.2, -0.15) is 13.2 Å². The molecule has 0 spiro atoms. The van der Waals surface area contributed by atoms with Crippen LogP contribution in [0.4, 0.5) is 13.2 Å². The molecule has 1 aromatic carbocycles. The van der Waals surface area contributed by atoms with E-state index in [0.717, 1.165) is 9.13 Å². The second-order valence-electron chi connectivity index (χ2n) is 3.20. The predicted molar refractivity (Wildman–Crippen MR) is 54.8 cm³/mol. The molecule has 1 aliphatic rings. The molecule has 1 nitrogen and oxygen atoms in total. The Hall–Kier alpha value is -0.300. The van der Waals surface area contributed by atoms with Gasteiger partial charge < -0.3 is 0 Å². The maximum absolute atomic E-state index is 12.5. The predicted octanol–water partition coefficient (Wildman–Crippen LogP) is 3.00. The summed E-state index contributed by atoms with van der Waals surface area (Å²) >= 11 is 2.02. The van der Waals surface area contributed by atoms with Crippen LogP contribution in [0.2, 0.25) is 0 Å². The van der Waals surface area contributed by atoms with Crippen LogP contribution >= 0.6 is 22.6 Å². The maximum Gasteiger partial charge on any atom is 0.407 e. The highest BCUT2D eigenvalue weighted by Gasteiger charge is 2.44. The first kappa shape index (κ1) is 10.2. The first-order chi connectivity index (χ1) is 6.48. The lowest BCUT2D eigenvalue weighted by molar-refractivity contribution is -0.155. The minimum atomic E-state index is -4.20. The molecule has 0 saturated heterocycles. The fraction of sp³-hybridized carbons (Fsp3) is 0.333. The van der Waals surface area contributed by atoms with Crippen LogP contribution in [0.15, 0.2) is 18.2 Å². The van der Waals surface area contributed by atoms with Crippen molar-refractivity contribution in [3.05, 3.63) is 32.9 Å². The van der Waals surface area contributed by atoms with E-state index in [9.17, 15) is 13.2 Å². The zero-order valence-corrected chi connectivity index (χ0v) is 9.19. The Labute approximate surface area is 92.8 Å². The molecule has 1 N–H and O–H groups in total. The van der Waals surface area contributed by atoms with Crippen molar-refractivity contribution in [1.82, 2.24) is 5.32 Å². The molecule has 0 amide bonds. The standard InChI is InChI=1S/C9H7F3IN/c10-9(11,12)8-7-3-6(13)2-1-5(7)4-14-8/h1-3,8,14H,4H2. The third-order valence-corrected chi connectivity index (χ3v) is 2.91. The van der Waals surface area contributed by atoms with Crippen molar-refractivity contribution in [2.24, 2.45) is 0 Å². The average molecular weight is 313 g/mol. The highest BCUT2D eigenvalue weighted by Crippen LogP contribution is 2.38. The van der Waals surface area contributed by atoms with Crippen molar-refractivity contribution in [3.8, 4) is 0 Å². The van der Waals surface area contributed by atoms with Gasteiger partial charge in [0.15, 0.2) is 0 Å². The summed E-state index contributed by atoms with van der Waals surface area (Å²) in [5, 5.41) is 2.46. The van der Waals surface area contributed by atoms with Crippen LogP contribution in [-0.4, -0.2) is 6.18 Å². The Kier molecular flexibility index (Phi) is 2.46. The molecule has 0 aromatic heterocycles. The molecule has 14 heavy (non-hydrogen) atoms. The lowest BCUT2D eigenvalue weighted by Gasteiger charge is -2.15. The van der Waals surface area contributed by atoms with Gasteiger partial charge >= 0.3 is 6.18 Å². The van der Waals surface area contributed by atoms with E-state index in [2.05, 4.69) is 5.32 Å². The van der Waals surface area contributed by atoms with E-state index in [1.807, 2.05) is 28.7 Å². The molecular formula is C9H7F3IN. The first-order valence-corrected chi connectivity index (χ1v) is 5.15. The van der Waals surface area contributed by atoms with Crippen molar-refractivity contribution in [1.29, 1.82) is 0 Å². The lowest BCUT2D eigenvalue weighted by atomic mass is 10.1. The molecule has 1 atom stereocenters. The summed E-state index contributed by atoms with van der Waals surface area (Å²) in [6.45, 7) is 0.302. The number of alkyl halides is 3. The third-order valence-electron chi connectivity index (χ3n) is 2.24. The number of hydrogen-bond acceptors (Lipinski definition) is 1. The van der Waals surface area contributed by atoms with Crippen LogP contribution in [0.25, 0.3) is 0 Å². The van der Waals surface area contributed by atoms with Gasteiger partial charge in [-0.15, -0.1) is 0 Å². The van der Waals surface area contributed by atoms with Gasteiger partial charge in [0.1, 0.15) is 6.04 Å². The summed E-state index contributed by atoms with van der Waals surface area (Å²) in [7, 11) is 0. The Bertz CT molecular complexity index is 362. The minimum absolute atomic E-state index is 0.302. The van der Waals surface area contributed by atoms with E-state index >= 15 is 0 Å². The van der Waals surface area contributed by atoms with Crippen LogP contribution in [0.3, 0.4) is 0 Å². The molecule has 0 bridgehead atoms. The van der Waals surface area contributed by atoms with E-state index in [0.29, 0.717) is 12.1 Å². The maximum atomic E-state index is 12.5. The van der Waals surface area contributed by atoms with Crippen LogP contribution in [0.1, 0.15) is 17.2 Å². The molecule has 1 heterocycles. The fourth-order valence-electron chi connectivity index (χ4n) is 1.61. The van der Waals surface area contributed by atoms with Gasteiger partial charge in [0.25, 0.3) is 0 Å². The normalized spacial score (nSPS) is 21.0. The van der Waals surface area contributed by atoms with Gasteiger partial charge in [0.2, 0.25) is 0 Å². The summed E-state index contributed by atoms with van der Waals surface area (Å²) in [6.07, 6.45) is -4.20. The van der Waals surface area contributed by atoms with E-state index < -0.39 is 12.2 Å². The smallest absolute Gasteiger partial charge is 0.298 e. The Morgan fingerprint density at radius 1 is 1.36 bits per heavy atom. The van der Waals surface area contributed by atoms with Gasteiger partial charge in [-0.1, -0.05) is 6.07 Å². The number of fused-ring (bicyclic) bond motifs is 1. The van der Waals surface area contributed by atoms with Crippen molar-refractivity contribution < 1.29 is 13.2 Å². The van der Waals surface area contributed by atoms with Gasteiger partial charge in [-0.05, 0) is 45.9 Å². The Morgan fingerprint density at radius 2 is 2.07 bits per heavy atom. The van der Waals surface area contributed by atoms with Crippen LogP contribution in [0.5, 0.6) is 0 Å². The molecule has 5 heteroatoms. The van der Waals surface area contributed by atoms with E-state index in [1.165, 1.54) is 0 Å². The second-order valence-corrected chi connectivity index (χ2v) is 4.44. The number of nitrogens with one attached hydrogen (secondary N) is 1. The third kappa shape index (κ3) is 1.75. The van der Waals surface area contributed by atoms with Crippen molar-refractivity contribution in [3.63, 3.8) is 0 Å². The minimum Gasteiger partial charge on any atom is -0.298 e. The molecule has 1 aliphatic heterocycles. The van der Waals surface area contributed by atoms with Crippen LogP contribution in [0, 0.1) is 3.57 Å². The van der Waals surface area contributed by atoms with Crippen molar-refractivity contribution >= 4 is 22.6 Å². The van der Waals surface area contributed by atoms with Crippen LogP contribution in [-0.2, 0) is 6.54 Å². The Balaban J connectivity index is 2.43. The van der Waals surface area contributed by atoms with Crippen LogP contribution < -0.4 is 5.32 Å². The quantitative estimate of drug-likeness (QED) is 0.726. The Morgan fingerprint density at radius 3 is 2.71 bits per heavy atom. The number of benzene rings is 1. The van der Waals surface area contributed by atoms with Crippen molar-refractivity contribution in [2.45, 2.75) is 18.8 Å². The van der Waals surface area contributed by atoms with E-state index in [4.69, 9.17) is 0 Å². The molecular weight excluding hydrogens is 306 g/mol. The summed E-state index contributed by atoms with van der Waals surface area (Å²) in [5.41, 5.74) is 1.11. The second kappa shape index (κ2) is 3.37. The lowest BCUT2D eigenvalue weighted by Crippen LogP contribution is -2.28. The topological polar surface area (TPSA) is 12.0 Å². The summed E-state index contributed by atoms with van der Waals surface area (Å²) in [5.74, 6) is 0.